The van der Waals surface area contributed by atoms with Crippen LogP contribution in [0.1, 0.15) is 18.9 Å². The first kappa shape index (κ1) is 26.5. The highest BCUT2D eigenvalue weighted by atomic mass is 32.1. The van der Waals surface area contributed by atoms with E-state index in [1.807, 2.05) is 131 Å². The number of benzene rings is 4. The van der Waals surface area contributed by atoms with Gasteiger partial charge in [-0.15, -0.1) is 0 Å². The Morgan fingerprint density at radius 2 is 1.34 bits per heavy atom. The van der Waals surface area contributed by atoms with Crippen LogP contribution in [-0.2, 0) is 9.53 Å². The number of carbonyl (C=O) groups excluding carboxylic acids is 1. The van der Waals surface area contributed by atoms with Crippen molar-refractivity contribution in [2.45, 2.75) is 19.0 Å². The lowest BCUT2D eigenvalue weighted by Gasteiger charge is -2.44. The number of esters is 1. The Kier molecular flexibility index (Phi) is 7.12. The van der Waals surface area contributed by atoms with Crippen molar-refractivity contribution >= 4 is 46.1 Å². The normalized spacial score (nSPS) is 21.1. The largest absolute Gasteiger partial charge is 0.468 e. The molecule has 2 aliphatic rings. The third kappa shape index (κ3) is 4.21. The number of ether oxygens (including phenoxy) is 1. The minimum Gasteiger partial charge on any atom is -0.468 e. The summed E-state index contributed by atoms with van der Waals surface area (Å²) in [5.41, 5.74) is 2.93. The lowest BCUT2D eigenvalue weighted by Crippen LogP contribution is -2.65. The lowest BCUT2D eigenvalue weighted by atomic mass is 9.89. The van der Waals surface area contributed by atoms with Gasteiger partial charge in [-0.3, -0.25) is 9.69 Å². The summed E-state index contributed by atoms with van der Waals surface area (Å²) in [7, 11) is 1.43. The highest BCUT2D eigenvalue weighted by Crippen LogP contribution is 2.53. The van der Waals surface area contributed by atoms with Crippen LogP contribution >= 0.6 is 12.2 Å². The molecule has 204 valence electrons. The summed E-state index contributed by atoms with van der Waals surface area (Å²) in [5, 5.41) is 7.20. The van der Waals surface area contributed by atoms with E-state index in [0.717, 1.165) is 28.3 Å². The molecule has 0 aromatic heterocycles. The number of para-hydroxylation sites is 3. The van der Waals surface area contributed by atoms with Crippen molar-refractivity contribution < 1.29 is 9.53 Å². The first-order valence-electron chi connectivity index (χ1n) is 13.6. The van der Waals surface area contributed by atoms with Gasteiger partial charge in [0, 0.05) is 22.6 Å². The molecule has 1 saturated heterocycles. The van der Waals surface area contributed by atoms with E-state index in [1.54, 1.807) is 0 Å². The molecule has 0 amide bonds. The quantitative estimate of drug-likeness (QED) is 0.188. The SMILES string of the molecule is CC/C=C1\[C@@H](C(=O)OC)[C@]2(C(=S)N1c1ccccc1)N(c1ccccc1)N=C(c1ccccc1)N2c1ccccc1. The van der Waals surface area contributed by atoms with Crippen LogP contribution < -0.4 is 14.8 Å². The van der Waals surface area contributed by atoms with Crippen molar-refractivity contribution in [3.63, 3.8) is 0 Å². The molecule has 1 spiro atoms. The van der Waals surface area contributed by atoms with Crippen molar-refractivity contribution in [2.75, 3.05) is 21.9 Å². The van der Waals surface area contributed by atoms with Crippen LogP contribution in [0.15, 0.2) is 138 Å². The van der Waals surface area contributed by atoms with Crippen LogP contribution in [0.5, 0.6) is 0 Å². The molecule has 0 aliphatic carbocycles. The van der Waals surface area contributed by atoms with Gasteiger partial charge >= 0.3 is 5.97 Å². The van der Waals surface area contributed by atoms with E-state index in [1.165, 1.54) is 7.11 Å². The van der Waals surface area contributed by atoms with Gasteiger partial charge in [0.2, 0.25) is 5.66 Å². The number of amidine groups is 1. The molecule has 2 atom stereocenters. The predicted molar refractivity (Wildman–Crippen MR) is 169 cm³/mol. The molecule has 4 aromatic carbocycles. The molecule has 4 aromatic rings. The molecule has 0 unspecified atom stereocenters. The maximum Gasteiger partial charge on any atom is 0.319 e. The number of carbonyl (C=O) groups is 1. The molecule has 2 heterocycles. The number of methoxy groups -OCH3 is 1. The van der Waals surface area contributed by atoms with E-state index in [-0.39, 0.29) is 0 Å². The summed E-state index contributed by atoms with van der Waals surface area (Å²) < 4.78 is 5.57. The first-order chi connectivity index (χ1) is 20.1. The van der Waals surface area contributed by atoms with E-state index in [2.05, 4.69) is 17.9 Å². The van der Waals surface area contributed by atoms with Crippen LogP contribution in [0.3, 0.4) is 0 Å². The number of hydrogen-bond donors (Lipinski definition) is 0. The molecule has 0 radical (unpaired) electrons. The fraction of sp³-hybridized carbons (Fsp3) is 0.147. The number of nitrogens with zero attached hydrogens (tertiary/aromatic N) is 4. The molecule has 2 aliphatic heterocycles. The Balaban J connectivity index is 1.72. The van der Waals surface area contributed by atoms with Crippen LogP contribution in [0.25, 0.3) is 0 Å². The molecule has 0 bridgehead atoms. The van der Waals surface area contributed by atoms with Gasteiger partial charge in [0.05, 0.1) is 12.8 Å². The van der Waals surface area contributed by atoms with Gasteiger partial charge in [0.25, 0.3) is 0 Å². The van der Waals surface area contributed by atoms with Crippen LogP contribution in [-0.4, -0.2) is 29.6 Å². The van der Waals surface area contributed by atoms with E-state index in [9.17, 15) is 4.79 Å². The Morgan fingerprint density at radius 1 is 0.829 bits per heavy atom. The van der Waals surface area contributed by atoms with Gasteiger partial charge < -0.3 is 9.64 Å². The standard InChI is InChI=1S/C34H30N4O2S/c1-3-16-29-30(32(39)40-2)34(33(41)36(29)26-19-10-5-11-20-26)37(27-21-12-6-13-22-27)31(25-17-8-4-9-18-25)35-38(34)28-23-14-7-15-24-28/h4-24,30H,3H2,1-2H3/b29-16+/t30-,34+/m0/s1. The molecule has 0 N–H and O–H groups in total. The number of rotatable bonds is 6. The average Bonchev–Trinajstić information content (AvgIpc) is 3.51. The van der Waals surface area contributed by atoms with Crippen molar-refractivity contribution in [3.05, 3.63) is 139 Å². The average molecular weight is 559 g/mol. The Hall–Kier alpha value is -4.75. The Morgan fingerprint density at radius 3 is 1.88 bits per heavy atom. The monoisotopic (exact) mass is 558 g/mol. The number of hydrogen-bond acceptors (Lipinski definition) is 6. The van der Waals surface area contributed by atoms with E-state index >= 15 is 0 Å². The summed E-state index contributed by atoms with van der Waals surface area (Å²) >= 11 is 6.51. The summed E-state index contributed by atoms with van der Waals surface area (Å²) in [4.78, 5) is 18.8. The zero-order valence-corrected chi connectivity index (χ0v) is 23.7. The molecular weight excluding hydrogens is 528 g/mol. The maximum atomic E-state index is 14.1. The summed E-state index contributed by atoms with van der Waals surface area (Å²) in [6.45, 7) is 2.06. The predicted octanol–water partition coefficient (Wildman–Crippen LogP) is 7.00. The fourth-order valence-electron chi connectivity index (χ4n) is 5.81. The molecule has 1 fully saturated rings. The van der Waals surface area contributed by atoms with Gasteiger partial charge in [0.15, 0.2) is 5.84 Å². The van der Waals surface area contributed by atoms with Crippen LogP contribution in [0, 0.1) is 5.92 Å². The zero-order valence-electron chi connectivity index (χ0n) is 22.9. The topological polar surface area (TPSA) is 48.4 Å². The zero-order chi connectivity index (χ0) is 28.4. The van der Waals surface area contributed by atoms with Crippen molar-refractivity contribution in [3.8, 4) is 0 Å². The summed E-state index contributed by atoms with van der Waals surface area (Å²) in [6.07, 6.45) is 2.77. The fourth-order valence-corrected chi connectivity index (χ4v) is 6.32. The van der Waals surface area contributed by atoms with Gasteiger partial charge in [-0.05, 0) is 42.8 Å². The number of allylic oxidation sites excluding steroid dienone is 1. The van der Waals surface area contributed by atoms with E-state index in [4.69, 9.17) is 22.1 Å². The highest BCUT2D eigenvalue weighted by Gasteiger charge is 2.68. The van der Waals surface area contributed by atoms with Gasteiger partial charge in [-0.25, -0.2) is 5.01 Å². The van der Waals surface area contributed by atoms with Crippen LogP contribution in [0.2, 0.25) is 0 Å². The first-order valence-corrected chi connectivity index (χ1v) is 14.1. The second-order valence-corrected chi connectivity index (χ2v) is 10.2. The molecule has 41 heavy (non-hydrogen) atoms. The minimum atomic E-state index is -1.27. The Bertz CT molecular complexity index is 1610. The third-order valence-corrected chi connectivity index (χ3v) is 7.94. The van der Waals surface area contributed by atoms with Crippen molar-refractivity contribution in [2.24, 2.45) is 11.0 Å². The smallest absolute Gasteiger partial charge is 0.319 e. The summed E-state index contributed by atoms with van der Waals surface area (Å²) in [6, 6.07) is 39.8. The Labute approximate surface area is 245 Å². The molecular formula is C34H30N4O2S. The third-order valence-electron chi connectivity index (χ3n) is 7.46. The van der Waals surface area contributed by atoms with Gasteiger partial charge in [-0.1, -0.05) is 110 Å². The molecule has 6 rings (SSSR count). The second kappa shape index (κ2) is 11.0. The van der Waals surface area contributed by atoms with E-state index < -0.39 is 17.6 Å². The number of thiocarbonyl (C=S) groups is 1. The lowest BCUT2D eigenvalue weighted by molar-refractivity contribution is -0.145. The molecule has 6 nitrogen and oxygen atoms in total. The van der Waals surface area contributed by atoms with Crippen molar-refractivity contribution in [1.82, 2.24) is 0 Å². The number of hydrazone groups is 1. The van der Waals surface area contributed by atoms with Gasteiger partial charge in [0.1, 0.15) is 10.9 Å². The van der Waals surface area contributed by atoms with Crippen LogP contribution in [0.4, 0.5) is 17.1 Å². The van der Waals surface area contributed by atoms with Gasteiger partial charge in [-0.2, -0.15) is 5.10 Å². The summed E-state index contributed by atoms with van der Waals surface area (Å²) in [5.74, 6) is -0.537. The maximum absolute atomic E-state index is 14.1. The second-order valence-electron chi connectivity index (χ2n) is 9.80. The molecule has 0 saturated carbocycles. The van der Waals surface area contributed by atoms with E-state index in [0.29, 0.717) is 17.2 Å². The minimum absolute atomic E-state index is 0.392. The molecule has 7 heteroatoms. The highest BCUT2D eigenvalue weighted by molar-refractivity contribution is 7.81. The van der Waals surface area contributed by atoms with Crippen molar-refractivity contribution in [1.29, 1.82) is 0 Å². The number of anilines is 3.